The van der Waals surface area contributed by atoms with Crippen LogP contribution < -0.4 is 10.1 Å². The van der Waals surface area contributed by atoms with E-state index in [0.717, 1.165) is 22.8 Å². The highest BCUT2D eigenvalue weighted by Crippen LogP contribution is 2.20. The average molecular weight is 275 g/mol. The first kappa shape index (κ1) is 14.6. The van der Waals surface area contributed by atoms with Gasteiger partial charge in [-0.1, -0.05) is 18.2 Å². The lowest BCUT2D eigenvalue weighted by molar-refractivity contribution is 0.200. The Morgan fingerprint density at radius 3 is 2.75 bits per heavy atom. The molecule has 2 rings (SSSR count). The van der Waals surface area contributed by atoms with Crippen LogP contribution in [0, 0.1) is 6.92 Å². The largest absolute Gasteiger partial charge is 0.491 e. The number of aliphatic hydroxyl groups is 1. The van der Waals surface area contributed by atoms with E-state index in [2.05, 4.69) is 12.2 Å². The predicted octanol–water partition coefficient (Wildman–Crippen LogP) is 2.81. The third kappa shape index (κ3) is 3.85. The van der Waals surface area contributed by atoms with E-state index in [-0.39, 0.29) is 12.6 Å². The van der Waals surface area contributed by atoms with Crippen LogP contribution in [0.1, 0.15) is 30.0 Å². The van der Waals surface area contributed by atoms with Crippen molar-refractivity contribution in [3.8, 4) is 5.75 Å². The Labute approximate surface area is 119 Å². The zero-order valence-electron chi connectivity index (χ0n) is 11.9. The maximum atomic E-state index is 8.83. The van der Waals surface area contributed by atoms with E-state index in [0.29, 0.717) is 13.2 Å². The zero-order chi connectivity index (χ0) is 14.4. The molecular formula is C16H21NO3. The van der Waals surface area contributed by atoms with Crippen molar-refractivity contribution >= 4 is 0 Å². The van der Waals surface area contributed by atoms with Crippen LogP contribution in [0.5, 0.6) is 5.75 Å². The molecule has 0 radical (unpaired) electrons. The van der Waals surface area contributed by atoms with Gasteiger partial charge in [0.1, 0.15) is 23.9 Å². The Bertz CT molecular complexity index is 536. The quantitative estimate of drug-likeness (QED) is 0.816. The summed E-state index contributed by atoms with van der Waals surface area (Å²) in [4.78, 5) is 0. The molecule has 0 aliphatic carbocycles. The van der Waals surface area contributed by atoms with E-state index in [1.807, 2.05) is 43.3 Å². The van der Waals surface area contributed by atoms with Crippen molar-refractivity contribution in [1.82, 2.24) is 5.32 Å². The summed E-state index contributed by atoms with van der Waals surface area (Å²) in [7, 11) is 0. The molecule has 4 heteroatoms. The molecule has 20 heavy (non-hydrogen) atoms. The summed E-state index contributed by atoms with van der Waals surface area (Å²) in [6.07, 6.45) is 0. The molecule has 4 nitrogen and oxygen atoms in total. The van der Waals surface area contributed by atoms with Crippen LogP contribution >= 0.6 is 0 Å². The summed E-state index contributed by atoms with van der Waals surface area (Å²) in [5.41, 5.74) is 1.07. The molecule has 2 N–H and O–H groups in total. The maximum absolute atomic E-state index is 8.83. The summed E-state index contributed by atoms with van der Waals surface area (Å²) >= 11 is 0. The molecule has 1 aromatic heterocycles. The summed E-state index contributed by atoms with van der Waals surface area (Å²) in [5.74, 6) is 2.65. The molecule has 2 aromatic rings. The number of hydrogen-bond acceptors (Lipinski definition) is 4. The van der Waals surface area contributed by atoms with Crippen molar-refractivity contribution in [3.63, 3.8) is 0 Å². The van der Waals surface area contributed by atoms with Crippen LogP contribution in [0.4, 0.5) is 0 Å². The number of rotatable bonds is 7. The van der Waals surface area contributed by atoms with Crippen LogP contribution in [0.2, 0.25) is 0 Å². The molecule has 0 bridgehead atoms. The maximum Gasteiger partial charge on any atom is 0.123 e. The molecule has 0 saturated heterocycles. The topological polar surface area (TPSA) is 54.6 Å². The fraction of sp³-hybridized carbons (Fsp3) is 0.375. The van der Waals surface area contributed by atoms with Crippen LogP contribution in [0.15, 0.2) is 40.8 Å². The van der Waals surface area contributed by atoms with Gasteiger partial charge < -0.3 is 19.6 Å². The number of furan rings is 1. The van der Waals surface area contributed by atoms with Gasteiger partial charge in [-0.25, -0.2) is 0 Å². The van der Waals surface area contributed by atoms with Crippen molar-refractivity contribution < 1.29 is 14.3 Å². The second-order valence-electron chi connectivity index (χ2n) is 4.73. The van der Waals surface area contributed by atoms with Crippen molar-refractivity contribution in [1.29, 1.82) is 0 Å². The van der Waals surface area contributed by atoms with E-state index < -0.39 is 0 Å². The molecule has 0 amide bonds. The van der Waals surface area contributed by atoms with Crippen molar-refractivity contribution in [2.24, 2.45) is 0 Å². The number of para-hydroxylation sites is 1. The first-order valence-electron chi connectivity index (χ1n) is 6.82. The number of aryl methyl sites for hydroxylation is 1. The highest BCUT2D eigenvalue weighted by Gasteiger charge is 2.10. The average Bonchev–Trinajstić information content (AvgIpc) is 2.90. The molecule has 0 fully saturated rings. The van der Waals surface area contributed by atoms with Crippen LogP contribution in [0.25, 0.3) is 0 Å². The second-order valence-corrected chi connectivity index (χ2v) is 4.73. The number of benzene rings is 1. The fourth-order valence-electron chi connectivity index (χ4n) is 2.00. The lowest BCUT2D eigenvalue weighted by Gasteiger charge is -2.14. The minimum absolute atomic E-state index is 0.0177. The van der Waals surface area contributed by atoms with Gasteiger partial charge in [0.15, 0.2) is 0 Å². The van der Waals surface area contributed by atoms with Gasteiger partial charge in [-0.2, -0.15) is 0 Å². The second kappa shape index (κ2) is 7.12. The first-order valence-corrected chi connectivity index (χ1v) is 6.82. The molecule has 1 unspecified atom stereocenters. The summed E-state index contributed by atoms with van der Waals surface area (Å²) in [6.45, 7) is 5.01. The Balaban J connectivity index is 1.96. The lowest BCUT2D eigenvalue weighted by Crippen LogP contribution is -2.18. The fourth-order valence-corrected chi connectivity index (χ4v) is 2.00. The van der Waals surface area contributed by atoms with Crippen molar-refractivity contribution in [2.75, 3.05) is 13.2 Å². The first-order chi connectivity index (χ1) is 9.70. The van der Waals surface area contributed by atoms with Gasteiger partial charge in [-0.3, -0.25) is 0 Å². The van der Waals surface area contributed by atoms with E-state index in [1.54, 1.807) is 0 Å². The smallest absolute Gasteiger partial charge is 0.123 e. The van der Waals surface area contributed by atoms with Crippen LogP contribution in [-0.4, -0.2) is 18.3 Å². The summed E-state index contributed by atoms with van der Waals surface area (Å²) in [5, 5.41) is 12.2. The van der Waals surface area contributed by atoms with E-state index in [1.165, 1.54) is 0 Å². The lowest BCUT2D eigenvalue weighted by atomic mass is 10.2. The molecule has 1 aromatic carbocycles. The molecule has 108 valence electrons. The van der Waals surface area contributed by atoms with Gasteiger partial charge in [0.05, 0.1) is 12.6 Å². The Kier molecular flexibility index (Phi) is 5.21. The van der Waals surface area contributed by atoms with Gasteiger partial charge in [0, 0.05) is 12.1 Å². The Morgan fingerprint density at radius 2 is 2.05 bits per heavy atom. The van der Waals surface area contributed by atoms with E-state index >= 15 is 0 Å². The van der Waals surface area contributed by atoms with Gasteiger partial charge in [-0.15, -0.1) is 0 Å². The minimum atomic E-state index is 0.0177. The Morgan fingerprint density at radius 1 is 1.25 bits per heavy atom. The van der Waals surface area contributed by atoms with Crippen LogP contribution in [0.3, 0.4) is 0 Å². The number of hydrogen-bond donors (Lipinski definition) is 2. The number of nitrogens with one attached hydrogen (secondary N) is 1. The Hall–Kier alpha value is -1.78. The van der Waals surface area contributed by atoms with Crippen molar-refractivity contribution in [2.45, 2.75) is 26.4 Å². The number of ether oxygens (including phenoxy) is 1. The monoisotopic (exact) mass is 275 g/mol. The standard InChI is InChI=1S/C16H21NO3/c1-12-7-8-15(20-12)13(2)17-11-14-5-3-4-6-16(14)19-10-9-18/h3-8,13,17-18H,9-11H2,1-2H3. The van der Waals surface area contributed by atoms with Gasteiger partial charge in [0.2, 0.25) is 0 Å². The molecule has 0 aliphatic heterocycles. The highest BCUT2D eigenvalue weighted by molar-refractivity contribution is 5.33. The molecule has 0 saturated carbocycles. The SMILES string of the molecule is Cc1ccc(C(C)NCc2ccccc2OCCO)o1. The third-order valence-electron chi connectivity index (χ3n) is 3.11. The predicted molar refractivity (Wildman–Crippen MR) is 77.7 cm³/mol. The zero-order valence-corrected chi connectivity index (χ0v) is 11.9. The summed E-state index contributed by atoms with van der Waals surface area (Å²) in [6, 6.07) is 11.9. The van der Waals surface area contributed by atoms with E-state index in [4.69, 9.17) is 14.3 Å². The molecule has 1 atom stereocenters. The molecule has 0 aliphatic rings. The minimum Gasteiger partial charge on any atom is -0.491 e. The number of aliphatic hydroxyl groups excluding tert-OH is 1. The van der Waals surface area contributed by atoms with Gasteiger partial charge in [-0.05, 0) is 32.0 Å². The molecular weight excluding hydrogens is 254 g/mol. The highest BCUT2D eigenvalue weighted by atomic mass is 16.5. The van der Waals surface area contributed by atoms with Gasteiger partial charge in [0.25, 0.3) is 0 Å². The van der Waals surface area contributed by atoms with Crippen LogP contribution in [-0.2, 0) is 6.54 Å². The molecule has 0 spiro atoms. The van der Waals surface area contributed by atoms with Crippen molar-refractivity contribution in [3.05, 3.63) is 53.5 Å². The van der Waals surface area contributed by atoms with Gasteiger partial charge >= 0.3 is 0 Å². The summed E-state index contributed by atoms with van der Waals surface area (Å²) < 4.78 is 11.1. The molecule has 1 heterocycles. The normalized spacial score (nSPS) is 12.3. The van der Waals surface area contributed by atoms with E-state index in [9.17, 15) is 0 Å². The third-order valence-corrected chi connectivity index (χ3v) is 3.11.